The molecule has 7 heteroatoms. The molecule has 1 fully saturated rings. The minimum Gasteiger partial charge on any atom is -0.497 e. The molecule has 0 aliphatic carbocycles. The summed E-state index contributed by atoms with van der Waals surface area (Å²) < 4.78 is 21.5. The van der Waals surface area contributed by atoms with Crippen LogP contribution in [0, 0.1) is 0 Å². The average Bonchev–Trinajstić information content (AvgIpc) is 2.82. The lowest BCUT2D eigenvalue weighted by Crippen LogP contribution is -3.16. The molecule has 1 aliphatic heterocycles. The van der Waals surface area contributed by atoms with Gasteiger partial charge in [-0.1, -0.05) is 0 Å². The van der Waals surface area contributed by atoms with Gasteiger partial charge in [0.2, 0.25) is 0 Å². The van der Waals surface area contributed by atoms with Crippen LogP contribution in [0.4, 0.5) is 0 Å². The van der Waals surface area contributed by atoms with Crippen LogP contribution in [0.15, 0.2) is 57.7 Å². The first-order valence-electron chi connectivity index (χ1n) is 10.7. The lowest BCUT2D eigenvalue weighted by Gasteiger charge is -2.31. The van der Waals surface area contributed by atoms with Crippen LogP contribution in [0.2, 0.25) is 0 Å². The van der Waals surface area contributed by atoms with Crippen molar-refractivity contribution in [2.45, 2.75) is 12.6 Å². The summed E-state index contributed by atoms with van der Waals surface area (Å²) in [6.45, 7) is 5.15. The molecule has 7 nitrogen and oxygen atoms in total. The second-order valence-corrected chi connectivity index (χ2v) is 7.78. The molecule has 0 spiro atoms. The van der Waals surface area contributed by atoms with Crippen LogP contribution in [-0.2, 0) is 11.3 Å². The van der Waals surface area contributed by atoms with E-state index in [0.29, 0.717) is 23.9 Å². The molecule has 3 N–H and O–H groups in total. The molecular formula is C24H30N2O5+2. The van der Waals surface area contributed by atoms with Crippen molar-refractivity contribution >= 4 is 11.0 Å². The molecule has 1 aromatic heterocycles. The van der Waals surface area contributed by atoms with E-state index >= 15 is 0 Å². The normalized spacial score (nSPS) is 15.7. The van der Waals surface area contributed by atoms with E-state index in [2.05, 4.69) is 17.4 Å². The fraction of sp³-hybridized carbons (Fsp3) is 0.375. The lowest BCUT2D eigenvalue weighted by atomic mass is 10.0. The smallest absolute Gasteiger partial charge is 0.336 e. The maximum atomic E-state index is 12.1. The number of fused-ring (bicyclic) bond motifs is 1. The molecule has 2 aromatic carbocycles. The van der Waals surface area contributed by atoms with Crippen molar-refractivity contribution in [1.29, 1.82) is 0 Å². The summed E-state index contributed by atoms with van der Waals surface area (Å²) in [4.78, 5) is 13.6. The van der Waals surface area contributed by atoms with Crippen LogP contribution in [0.3, 0.4) is 0 Å². The Labute approximate surface area is 181 Å². The van der Waals surface area contributed by atoms with Crippen LogP contribution >= 0.6 is 0 Å². The zero-order chi connectivity index (χ0) is 21.6. The Balaban J connectivity index is 1.52. The maximum Gasteiger partial charge on any atom is 0.336 e. The standard InChI is InChI=1S/C24H28N2O5/c1-28-19-5-3-17(4-6-19)22(26-9-11-30-12-10-26)16-25-15-18-13-24(27)31-23-14-20(29-2)7-8-21(18)23/h3-8,13-14,22,25H,9-12,15-16H2,1-2H3/p+2/t22-/m0/s1. The number of nitrogens with one attached hydrogen (secondary N) is 1. The SMILES string of the molecule is COc1ccc([C@H](C[NH2+]Cc2cc(=O)oc3cc(OC)ccc23)[NH+]2CCOCC2)cc1. The Bertz CT molecular complexity index is 1060. The number of hydrogen-bond acceptors (Lipinski definition) is 5. The van der Waals surface area contributed by atoms with E-state index in [-0.39, 0.29) is 5.63 Å². The Morgan fingerprint density at radius 2 is 1.71 bits per heavy atom. The van der Waals surface area contributed by atoms with Crippen molar-refractivity contribution in [1.82, 2.24) is 0 Å². The topological polar surface area (TPSA) is 79.0 Å². The van der Waals surface area contributed by atoms with Gasteiger partial charge in [0.15, 0.2) is 6.04 Å². The highest BCUT2D eigenvalue weighted by Crippen LogP contribution is 2.22. The van der Waals surface area contributed by atoms with Gasteiger partial charge in [-0.3, -0.25) is 0 Å². The fourth-order valence-electron chi connectivity index (χ4n) is 4.27. The van der Waals surface area contributed by atoms with Crippen LogP contribution in [0.1, 0.15) is 17.2 Å². The number of hydrogen-bond donors (Lipinski definition) is 2. The number of morpholine rings is 1. The van der Waals surface area contributed by atoms with Crippen molar-refractivity contribution in [3.8, 4) is 11.5 Å². The molecule has 2 heterocycles. The largest absolute Gasteiger partial charge is 0.497 e. The van der Waals surface area contributed by atoms with Crippen LogP contribution in [0.5, 0.6) is 11.5 Å². The number of ether oxygens (including phenoxy) is 3. The second-order valence-electron chi connectivity index (χ2n) is 7.78. The molecule has 0 amide bonds. The summed E-state index contributed by atoms with van der Waals surface area (Å²) >= 11 is 0. The lowest BCUT2D eigenvalue weighted by molar-refractivity contribution is -0.952. The molecule has 4 rings (SSSR count). The molecule has 31 heavy (non-hydrogen) atoms. The fourth-order valence-corrected chi connectivity index (χ4v) is 4.27. The van der Waals surface area contributed by atoms with E-state index in [1.54, 1.807) is 26.4 Å². The predicted molar refractivity (Wildman–Crippen MR) is 117 cm³/mol. The molecule has 0 unspecified atom stereocenters. The third-order valence-corrected chi connectivity index (χ3v) is 5.95. The number of benzene rings is 2. The van der Waals surface area contributed by atoms with Gasteiger partial charge in [-0.15, -0.1) is 0 Å². The van der Waals surface area contributed by atoms with Crippen molar-refractivity contribution in [2.75, 3.05) is 47.1 Å². The molecule has 1 saturated heterocycles. The average molecular weight is 427 g/mol. The third-order valence-electron chi connectivity index (χ3n) is 5.95. The molecule has 3 aromatic rings. The summed E-state index contributed by atoms with van der Waals surface area (Å²) in [7, 11) is 3.29. The summed E-state index contributed by atoms with van der Waals surface area (Å²) in [5.74, 6) is 1.54. The summed E-state index contributed by atoms with van der Waals surface area (Å²) in [5, 5.41) is 3.21. The first-order valence-corrected chi connectivity index (χ1v) is 10.7. The van der Waals surface area contributed by atoms with Crippen LogP contribution in [-0.4, -0.2) is 47.1 Å². The second kappa shape index (κ2) is 9.96. The van der Waals surface area contributed by atoms with Crippen LogP contribution < -0.4 is 25.3 Å². The zero-order valence-electron chi connectivity index (χ0n) is 18.1. The molecule has 164 valence electrons. The Morgan fingerprint density at radius 1 is 1.00 bits per heavy atom. The Morgan fingerprint density at radius 3 is 2.42 bits per heavy atom. The summed E-state index contributed by atoms with van der Waals surface area (Å²) in [6.07, 6.45) is 0. The van der Waals surface area contributed by atoms with Gasteiger partial charge in [0.25, 0.3) is 0 Å². The van der Waals surface area contributed by atoms with Crippen molar-refractivity contribution in [3.63, 3.8) is 0 Å². The van der Waals surface area contributed by atoms with E-state index in [1.165, 1.54) is 10.5 Å². The van der Waals surface area contributed by atoms with Gasteiger partial charge in [-0.2, -0.15) is 0 Å². The van der Waals surface area contributed by atoms with Crippen LogP contribution in [0.25, 0.3) is 11.0 Å². The highest BCUT2D eigenvalue weighted by molar-refractivity contribution is 5.81. The summed E-state index contributed by atoms with van der Waals surface area (Å²) in [5.41, 5.74) is 2.48. The van der Waals surface area contributed by atoms with Gasteiger partial charge in [-0.25, -0.2) is 4.79 Å². The number of rotatable bonds is 8. The minimum absolute atomic E-state index is 0.335. The molecule has 1 aliphatic rings. The Kier molecular flexibility index (Phi) is 6.86. The predicted octanol–water partition coefficient (Wildman–Crippen LogP) is 0.530. The molecule has 0 radical (unpaired) electrons. The highest BCUT2D eigenvalue weighted by atomic mass is 16.5. The van der Waals surface area contributed by atoms with E-state index < -0.39 is 0 Å². The third kappa shape index (κ3) is 5.07. The van der Waals surface area contributed by atoms with E-state index in [0.717, 1.165) is 49.5 Å². The van der Waals surface area contributed by atoms with Crippen molar-refractivity contribution in [2.24, 2.45) is 0 Å². The Hall–Kier alpha value is -2.87. The monoisotopic (exact) mass is 426 g/mol. The molecule has 0 saturated carbocycles. The first-order chi connectivity index (χ1) is 15.2. The number of methoxy groups -OCH3 is 2. The number of nitrogens with two attached hydrogens (primary N) is 1. The quantitative estimate of drug-likeness (QED) is 0.514. The maximum absolute atomic E-state index is 12.1. The van der Waals surface area contributed by atoms with Crippen molar-refractivity contribution in [3.05, 3.63) is 70.1 Å². The van der Waals surface area contributed by atoms with Crippen molar-refractivity contribution < 1.29 is 28.8 Å². The zero-order valence-corrected chi connectivity index (χ0v) is 18.1. The van der Waals surface area contributed by atoms with E-state index in [9.17, 15) is 4.79 Å². The molecule has 0 bridgehead atoms. The summed E-state index contributed by atoms with van der Waals surface area (Å²) in [6, 6.07) is 15.9. The first kappa shape index (κ1) is 21.4. The molecule has 1 atom stereocenters. The van der Waals surface area contributed by atoms with Gasteiger partial charge in [-0.05, 0) is 36.4 Å². The van der Waals surface area contributed by atoms with Gasteiger partial charge in [0, 0.05) is 28.6 Å². The van der Waals surface area contributed by atoms with Gasteiger partial charge < -0.3 is 28.8 Å². The van der Waals surface area contributed by atoms with Gasteiger partial charge >= 0.3 is 5.63 Å². The van der Waals surface area contributed by atoms with Gasteiger partial charge in [0.05, 0.1) is 27.4 Å². The van der Waals surface area contributed by atoms with E-state index in [4.69, 9.17) is 18.6 Å². The minimum atomic E-state index is -0.338. The number of quaternary nitrogens is 2. The molecular weight excluding hydrogens is 396 g/mol. The van der Waals surface area contributed by atoms with E-state index in [1.807, 2.05) is 24.3 Å². The van der Waals surface area contributed by atoms with Gasteiger partial charge in [0.1, 0.15) is 43.3 Å². The highest BCUT2D eigenvalue weighted by Gasteiger charge is 2.28.